The molecule has 8 heteroatoms. The molecule has 5 rings (SSSR count). The minimum atomic E-state index is 0.178. The lowest BCUT2D eigenvalue weighted by Crippen LogP contribution is -2.61. The van der Waals surface area contributed by atoms with Crippen molar-refractivity contribution < 1.29 is 9.84 Å². The van der Waals surface area contributed by atoms with Gasteiger partial charge in [0.15, 0.2) is 0 Å². The Labute approximate surface area is 183 Å². The number of para-hydroxylation sites is 1. The van der Waals surface area contributed by atoms with Gasteiger partial charge in [0.25, 0.3) is 0 Å². The number of nitrogens with two attached hydrogens (primary N) is 2. The monoisotopic (exact) mass is 426 g/mol. The molecule has 4 aliphatic rings. The Kier molecular flexibility index (Phi) is 5.69. The number of piperidine rings is 1. The molecule has 31 heavy (non-hydrogen) atoms. The van der Waals surface area contributed by atoms with E-state index in [1.54, 1.807) is 12.1 Å². The predicted molar refractivity (Wildman–Crippen MR) is 121 cm³/mol. The molecule has 3 fully saturated rings. The molecule has 3 saturated heterocycles. The average Bonchev–Trinajstić information content (AvgIpc) is 2.76. The summed E-state index contributed by atoms with van der Waals surface area (Å²) in [6.45, 7) is 6.66. The van der Waals surface area contributed by atoms with Gasteiger partial charge in [-0.15, -0.1) is 0 Å². The molecule has 0 saturated carbocycles. The molecule has 3 unspecified atom stereocenters. The van der Waals surface area contributed by atoms with Gasteiger partial charge in [0, 0.05) is 56.1 Å². The number of nitrogens with zero attached hydrogens (tertiary/aromatic N) is 2. The molecule has 7 N–H and O–H groups in total. The summed E-state index contributed by atoms with van der Waals surface area (Å²) in [7, 11) is 0. The van der Waals surface area contributed by atoms with Gasteiger partial charge in [-0.1, -0.05) is 12.1 Å². The van der Waals surface area contributed by atoms with Gasteiger partial charge in [-0.2, -0.15) is 0 Å². The van der Waals surface area contributed by atoms with Gasteiger partial charge < -0.3 is 36.8 Å². The fourth-order valence-electron chi connectivity index (χ4n) is 5.62. The quantitative estimate of drug-likeness (QED) is 0.464. The Hall–Kier alpha value is -2.42. The minimum absolute atomic E-state index is 0.178. The van der Waals surface area contributed by atoms with Crippen LogP contribution in [0.5, 0.6) is 5.75 Å². The van der Waals surface area contributed by atoms with Crippen LogP contribution in [0.15, 0.2) is 41.9 Å². The molecule has 4 heterocycles. The average molecular weight is 427 g/mol. The number of ether oxygens (including phenoxy) is 1. The molecule has 1 aromatic rings. The first kappa shape index (κ1) is 20.5. The molecular weight excluding hydrogens is 392 g/mol. The number of hydrogen-bond donors (Lipinski definition) is 5. The number of nitrogens with one attached hydrogen (secondary N) is 2. The summed E-state index contributed by atoms with van der Waals surface area (Å²) in [6, 6.07) is 8.53. The van der Waals surface area contributed by atoms with Crippen LogP contribution < -0.4 is 22.1 Å². The number of aromatic hydroxyl groups is 1. The molecule has 3 atom stereocenters. The number of phenolic OH excluding ortho intramolecular Hbond substituents is 1. The van der Waals surface area contributed by atoms with E-state index in [0.717, 1.165) is 57.6 Å². The molecule has 168 valence electrons. The van der Waals surface area contributed by atoms with Crippen LogP contribution in [0.25, 0.3) is 5.70 Å². The third-order valence-corrected chi connectivity index (χ3v) is 7.05. The number of fused-ring (bicyclic) bond motifs is 3. The standard InChI is InChI=1S/C23H34N6O2/c24-20(19-3-1-2-4-22(19)30)9-21-23(25)26-10-18-12-28(5-6-29(18)21)11-15-7-16-13-31-14-17(8-15)27-16/h1-4,9,15-18,26-27,30H,5-8,10-14,24-25H2/b20-9-. The number of piperazine rings is 1. The zero-order chi connectivity index (χ0) is 21.4. The van der Waals surface area contributed by atoms with Crippen LogP contribution >= 0.6 is 0 Å². The van der Waals surface area contributed by atoms with Crippen molar-refractivity contribution in [2.75, 3.05) is 45.9 Å². The van der Waals surface area contributed by atoms with Gasteiger partial charge in [0.1, 0.15) is 11.6 Å². The van der Waals surface area contributed by atoms with Gasteiger partial charge in [0.05, 0.1) is 25.0 Å². The highest BCUT2D eigenvalue weighted by atomic mass is 16.5. The van der Waals surface area contributed by atoms with E-state index < -0.39 is 0 Å². The lowest BCUT2D eigenvalue weighted by molar-refractivity contribution is -0.00288. The Balaban J connectivity index is 1.25. The summed E-state index contributed by atoms with van der Waals surface area (Å²) in [6.07, 6.45) is 4.31. The van der Waals surface area contributed by atoms with Gasteiger partial charge in [-0.3, -0.25) is 4.90 Å². The highest BCUT2D eigenvalue weighted by molar-refractivity contribution is 5.70. The van der Waals surface area contributed by atoms with Crippen LogP contribution in [0.2, 0.25) is 0 Å². The number of allylic oxidation sites excluding steroid dienone is 1. The van der Waals surface area contributed by atoms with E-state index in [1.807, 2.05) is 18.2 Å². The van der Waals surface area contributed by atoms with E-state index in [-0.39, 0.29) is 5.75 Å². The van der Waals surface area contributed by atoms with Gasteiger partial charge in [0.2, 0.25) is 0 Å². The van der Waals surface area contributed by atoms with Gasteiger partial charge in [-0.05, 0) is 37.0 Å². The van der Waals surface area contributed by atoms with Gasteiger partial charge >= 0.3 is 0 Å². The minimum Gasteiger partial charge on any atom is -0.507 e. The van der Waals surface area contributed by atoms with Crippen LogP contribution in [0, 0.1) is 5.92 Å². The topological polar surface area (TPSA) is 112 Å². The molecule has 0 spiro atoms. The largest absolute Gasteiger partial charge is 0.507 e. The van der Waals surface area contributed by atoms with Crippen molar-refractivity contribution in [3.8, 4) is 5.75 Å². The second kappa shape index (κ2) is 8.61. The summed E-state index contributed by atoms with van der Waals surface area (Å²) in [5.74, 6) is 1.56. The lowest BCUT2D eigenvalue weighted by atomic mass is 9.86. The second-order valence-corrected chi connectivity index (χ2v) is 9.34. The predicted octanol–water partition coefficient (Wildman–Crippen LogP) is 0.176. The molecule has 8 nitrogen and oxygen atoms in total. The lowest BCUT2D eigenvalue weighted by Gasteiger charge is -2.48. The third-order valence-electron chi connectivity index (χ3n) is 7.05. The maximum atomic E-state index is 10.1. The van der Waals surface area contributed by atoms with Crippen LogP contribution in [-0.2, 0) is 4.74 Å². The number of benzene rings is 1. The molecule has 4 aliphatic heterocycles. The maximum Gasteiger partial charge on any atom is 0.124 e. The fraction of sp³-hybridized carbons (Fsp3) is 0.565. The van der Waals surface area contributed by atoms with E-state index in [0.29, 0.717) is 35.2 Å². The maximum absolute atomic E-state index is 10.1. The number of phenols is 1. The van der Waals surface area contributed by atoms with Crippen molar-refractivity contribution >= 4 is 5.70 Å². The third kappa shape index (κ3) is 4.33. The van der Waals surface area contributed by atoms with Crippen molar-refractivity contribution in [2.45, 2.75) is 31.0 Å². The Morgan fingerprint density at radius 3 is 2.74 bits per heavy atom. The summed E-state index contributed by atoms with van der Waals surface area (Å²) in [5, 5.41) is 17.2. The summed E-state index contributed by atoms with van der Waals surface area (Å²) < 4.78 is 5.70. The number of rotatable bonds is 4. The summed E-state index contributed by atoms with van der Waals surface area (Å²) >= 11 is 0. The van der Waals surface area contributed by atoms with Crippen molar-refractivity contribution in [2.24, 2.45) is 17.4 Å². The highest BCUT2D eigenvalue weighted by Gasteiger charge is 2.36. The normalized spacial score (nSPS) is 31.9. The molecule has 2 bridgehead atoms. The first-order valence-corrected chi connectivity index (χ1v) is 11.4. The Bertz CT molecular complexity index is 859. The van der Waals surface area contributed by atoms with E-state index in [9.17, 15) is 5.11 Å². The zero-order valence-electron chi connectivity index (χ0n) is 18.0. The van der Waals surface area contributed by atoms with Crippen molar-refractivity contribution in [3.63, 3.8) is 0 Å². The van der Waals surface area contributed by atoms with Gasteiger partial charge in [-0.25, -0.2) is 0 Å². The molecule has 0 radical (unpaired) electrons. The van der Waals surface area contributed by atoms with Crippen molar-refractivity contribution in [3.05, 3.63) is 47.4 Å². The Morgan fingerprint density at radius 1 is 1.19 bits per heavy atom. The van der Waals surface area contributed by atoms with E-state index in [2.05, 4.69) is 20.4 Å². The first-order chi connectivity index (χ1) is 15.1. The van der Waals surface area contributed by atoms with E-state index in [4.69, 9.17) is 16.2 Å². The fourth-order valence-corrected chi connectivity index (χ4v) is 5.62. The highest BCUT2D eigenvalue weighted by Crippen LogP contribution is 2.29. The van der Waals surface area contributed by atoms with Crippen LogP contribution in [0.4, 0.5) is 0 Å². The molecule has 0 aliphatic carbocycles. The molecule has 0 aromatic heterocycles. The van der Waals surface area contributed by atoms with E-state index in [1.165, 1.54) is 12.8 Å². The summed E-state index contributed by atoms with van der Waals surface area (Å²) in [4.78, 5) is 4.99. The molecule has 1 aromatic carbocycles. The smallest absolute Gasteiger partial charge is 0.124 e. The molecular formula is C23H34N6O2. The second-order valence-electron chi connectivity index (χ2n) is 9.34. The van der Waals surface area contributed by atoms with Crippen molar-refractivity contribution in [1.29, 1.82) is 0 Å². The number of morpholine rings is 1. The first-order valence-electron chi connectivity index (χ1n) is 11.4. The van der Waals surface area contributed by atoms with Crippen molar-refractivity contribution in [1.82, 2.24) is 20.4 Å². The van der Waals surface area contributed by atoms with E-state index >= 15 is 0 Å². The SMILES string of the molecule is NC1=C(/C=C(\N)c2ccccc2O)N2CCN(CC3CC4COCC(C3)N4)CC2CN1. The van der Waals surface area contributed by atoms with Crippen LogP contribution in [0.1, 0.15) is 18.4 Å². The van der Waals surface area contributed by atoms with Crippen LogP contribution in [-0.4, -0.2) is 79.0 Å². The summed E-state index contributed by atoms with van der Waals surface area (Å²) in [5.41, 5.74) is 14.7. The zero-order valence-corrected chi connectivity index (χ0v) is 18.0. The number of hydrogen-bond acceptors (Lipinski definition) is 8. The molecule has 0 amide bonds. The Morgan fingerprint density at radius 2 is 1.97 bits per heavy atom. The van der Waals surface area contributed by atoms with Crippen LogP contribution in [0.3, 0.4) is 0 Å².